The zero-order valence-corrected chi connectivity index (χ0v) is 33.4. The highest BCUT2D eigenvalue weighted by molar-refractivity contribution is 6.26. The van der Waals surface area contributed by atoms with E-state index in [1.165, 1.54) is 120 Å². The number of fused-ring (bicyclic) bond motifs is 12. The summed E-state index contributed by atoms with van der Waals surface area (Å²) in [6.45, 7) is 4.76. The van der Waals surface area contributed by atoms with Crippen LogP contribution in [0.1, 0.15) is 25.0 Å². The highest BCUT2D eigenvalue weighted by atomic mass is 16.3. The predicted octanol–water partition coefficient (Wildman–Crippen LogP) is 16.7. The second kappa shape index (κ2) is 12.3. The standard InChI is InChI=1S/C59H38O/c1-59(2)53-31-27-36(32-51(53)49-28-26-37-33-52-42-19-11-12-25-54(42)60-55(52)34-50(37)58(49)59)39-29-30-48(41-18-6-5-17-40(39)41)57-46-22-9-7-20-44(46)56(45-21-8-10-23-47(45)57)43-24-13-15-35-14-3-4-16-38(35)43/h3-34H,1-2H3. The van der Waals surface area contributed by atoms with E-state index < -0.39 is 0 Å². The lowest BCUT2D eigenvalue weighted by Gasteiger charge is -2.23. The van der Waals surface area contributed by atoms with Crippen LogP contribution < -0.4 is 0 Å². The van der Waals surface area contributed by atoms with Gasteiger partial charge in [0, 0.05) is 16.2 Å². The van der Waals surface area contributed by atoms with E-state index in [4.69, 9.17) is 4.42 Å². The highest BCUT2D eigenvalue weighted by Gasteiger charge is 2.37. The van der Waals surface area contributed by atoms with Gasteiger partial charge in [-0.25, -0.2) is 0 Å². The fourth-order valence-corrected chi connectivity index (χ4v) is 11.0. The van der Waals surface area contributed by atoms with Crippen LogP contribution in [0, 0.1) is 0 Å². The van der Waals surface area contributed by atoms with E-state index in [9.17, 15) is 0 Å². The molecule has 0 atom stereocenters. The maximum atomic E-state index is 6.41. The monoisotopic (exact) mass is 762 g/mol. The third-order valence-electron chi connectivity index (χ3n) is 13.6. The van der Waals surface area contributed by atoms with Crippen LogP contribution in [0.5, 0.6) is 0 Å². The first-order valence-corrected chi connectivity index (χ1v) is 21.0. The van der Waals surface area contributed by atoms with Gasteiger partial charge in [0.1, 0.15) is 11.2 Å². The quantitative estimate of drug-likeness (QED) is 0.163. The number of hydrogen-bond acceptors (Lipinski definition) is 1. The SMILES string of the molecule is CC1(C)c2ccc(-c3ccc(-c4c5ccccc5c(-c5cccc6ccccc56)c5ccccc45)c4ccccc34)cc2-c2ccc3cc4c(cc3c21)oc1ccccc14. The van der Waals surface area contributed by atoms with Crippen molar-refractivity contribution in [2.24, 2.45) is 0 Å². The minimum Gasteiger partial charge on any atom is -0.456 e. The summed E-state index contributed by atoms with van der Waals surface area (Å²) in [4.78, 5) is 0. The first kappa shape index (κ1) is 33.5. The van der Waals surface area contributed by atoms with Crippen molar-refractivity contribution in [1.29, 1.82) is 0 Å². The van der Waals surface area contributed by atoms with E-state index >= 15 is 0 Å². The smallest absolute Gasteiger partial charge is 0.136 e. The average Bonchev–Trinajstić information content (AvgIpc) is 3.77. The number of hydrogen-bond donors (Lipinski definition) is 0. The molecule has 0 bridgehead atoms. The van der Waals surface area contributed by atoms with Gasteiger partial charge >= 0.3 is 0 Å². The third-order valence-corrected chi connectivity index (χ3v) is 13.6. The lowest BCUT2D eigenvalue weighted by Crippen LogP contribution is -2.15. The van der Waals surface area contributed by atoms with E-state index in [1.54, 1.807) is 0 Å². The summed E-state index contributed by atoms with van der Waals surface area (Å²) in [7, 11) is 0. The van der Waals surface area contributed by atoms with Crippen LogP contribution in [0.4, 0.5) is 0 Å². The Labute approximate surface area is 347 Å². The van der Waals surface area contributed by atoms with Gasteiger partial charge in [0.25, 0.3) is 0 Å². The molecule has 0 saturated heterocycles. The fraction of sp³-hybridized carbons (Fsp3) is 0.0508. The Morgan fingerprint density at radius 1 is 0.317 bits per heavy atom. The molecule has 13 rings (SSSR count). The summed E-state index contributed by atoms with van der Waals surface area (Å²) in [5.41, 5.74) is 14.6. The molecule has 1 heteroatoms. The van der Waals surface area contributed by atoms with Gasteiger partial charge in [-0.05, 0) is 134 Å². The molecule has 0 saturated carbocycles. The second-order valence-electron chi connectivity index (χ2n) is 17.1. The van der Waals surface area contributed by atoms with Crippen molar-refractivity contribution in [3.63, 3.8) is 0 Å². The molecule has 0 amide bonds. The molecule has 1 aromatic heterocycles. The van der Waals surface area contributed by atoms with Crippen molar-refractivity contribution in [2.75, 3.05) is 0 Å². The molecule has 0 unspecified atom stereocenters. The lowest BCUT2D eigenvalue weighted by molar-refractivity contribution is 0.663. The minimum absolute atomic E-state index is 0.172. The van der Waals surface area contributed by atoms with Gasteiger partial charge in [-0.15, -0.1) is 0 Å². The summed E-state index contributed by atoms with van der Waals surface area (Å²) < 4.78 is 6.41. The number of para-hydroxylation sites is 1. The van der Waals surface area contributed by atoms with E-state index in [0.29, 0.717) is 0 Å². The topological polar surface area (TPSA) is 13.1 Å². The number of rotatable bonds is 3. The van der Waals surface area contributed by atoms with Crippen LogP contribution in [-0.2, 0) is 5.41 Å². The van der Waals surface area contributed by atoms with E-state index in [1.807, 2.05) is 6.07 Å². The molecule has 0 fully saturated rings. The average molecular weight is 763 g/mol. The normalized spacial score (nSPS) is 13.3. The van der Waals surface area contributed by atoms with Gasteiger partial charge in [-0.3, -0.25) is 0 Å². The molecule has 0 N–H and O–H groups in total. The Morgan fingerprint density at radius 2 is 0.867 bits per heavy atom. The third kappa shape index (κ3) is 4.58. The van der Waals surface area contributed by atoms with Gasteiger partial charge in [0.05, 0.1) is 0 Å². The molecule has 12 aromatic rings. The Hall–Kier alpha value is -7.48. The van der Waals surface area contributed by atoms with E-state index in [-0.39, 0.29) is 5.41 Å². The number of benzene rings is 11. The van der Waals surface area contributed by atoms with Crippen molar-refractivity contribution in [3.05, 3.63) is 205 Å². The van der Waals surface area contributed by atoms with Gasteiger partial charge in [-0.1, -0.05) is 184 Å². The minimum atomic E-state index is -0.172. The molecule has 0 radical (unpaired) electrons. The van der Waals surface area contributed by atoms with E-state index in [0.717, 1.165) is 11.2 Å². The lowest BCUT2D eigenvalue weighted by atomic mass is 9.79. The molecule has 1 heterocycles. The summed E-state index contributed by atoms with van der Waals surface area (Å²) in [5, 5.41) is 15.0. The summed E-state index contributed by atoms with van der Waals surface area (Å²) in [6, 6.07) is 72.0. The molecule has 280 valence electrons. The second-order valence-corrected chi connectivity index (χ2v) is 17.1. The van der Waals surface area contributed by atoms with Crippen LogP contribution in [-0.4, -0.2) is 0 Å². The van der Waals surface area contributed by atoms with Gasteiger partial charge in [-0.2, -0.15) is 0 Å². The summed E-state index contributed by atoms with van der Waals surface area (Å²) in [5.74, 6) is 0. The number of furan rings is 1. The van der Waals surface area contributed by atoms with Crippen LogP contribution in [0.3, 0.4) is 0 Å². The molecular formula is C59H38O. The Bertz CT molecular complexity index is 3740. The van der Waals surface area contributed by atoms with E-state index in [2.05, 4.69) is 202 Å². The van der Waals surface area contributed by atoms with Crippen molar-refractivity contribution < 1.29 is 4.42 Å². The van der Waals surface area contributed by atoms with Crippen LogP contribution >= 0.6 is 0 Å². The van der Waals surface area contributed by atoms with Crippen LogP contribution in [0.15, 0.2) is 199 Å². The predicted molar refractivity (Wildman–Crippen MR) is 255 cm³/mol. The zero-order chi connectivity index (χ0) is 39.7. The Balaban J connectivity index is 1.01. The van der Waals surface area contributed by atoms with Gasteiger partial charge < -0.3 is 4.42 Å². The molecule has 60 heavy (non-hydrogen) atoms. The summed E-state index contributed by atoms with van der Waals surface area (Å²) in [6.07, 6.45) is 0. The van der Waals surface area contributed by atoms with Crippen LogP contribution in [0.2, 0.25) is 0 Å². The van der Waals surface area contributed by atoms with Crippen molar-refractivity contribution in [1.82, 2.24) is 0 Å². The summed E-state index contributed by atoms with van der Waals surface area (Å²) >= 11 is 0. The zero-order valence-electron chi connectivity index (χ0n) is 33.4. The van der Waals surface area contributed by atoms with Crippen molar-refractivity contribution in [2.45, 2.75) is 19.3 Å². The molecule has 11 aromatic carbocycles. The Morgan fingerprint density at radius 3 is 1.58 bits per heavy atom. The molecule has 0 spiro atoms. The van der Waals surface area contributed by atoms with Crippen molar-refractivity contribution >= 4 is 75.8 Å². The maximum Gasteiger partial charge on any atom is 0.136 e. The largest absolute Gasteiger partial charge is 0.456 e. The fourth-order valence-electron chi connectivity index (χ4n) is 11.0. The molecule has 1 nitrogen and oxygen atoms in total. The first-order chi connectivity index (χ1) is 29.5. The molecular weight excluding hydrogens is 725 g/mol. The maximum absolute atomic E-state index is 6.41. The van der Waals surface area contributed by atoms with Gasteiger partial charge in [0.2, 0.25) is 0 Å². The molecule has 1 aliphatic carbocycles. The van der Waals surface area contributed by atoms with Crippen LogP contribution in [0.25, 0.3) is 120 Å². The Kier molecular flexibility index (Phi) is 6.85. The highest BCUT2D eigenvalue weighted by Crippen LogP contribution is 2.54. The molecule has 1 aliphatic rings. The molecule has 0 aliphatic heterocycles. The first-order valence-electron chi connectivity index (χ1n) is 21.0. The van der Waals surface area contributed by atoms with Gasteiger partial charge in [0.15, 0.2) is 0 Å². The van der Waals surface area contributed by atoms with Crippen molar-refractivity contribution in [3.8, 4) is 44.5 Å².